The molecular weight excluding hydrogens is 785 g/mol. The Labute approximate surface area is 384 Å². The van der Waals surface area contributed by atoms with Gasteiger partial charge in [0.15, 0.2) is 5.65 Å². The summed E-state index contributed by atoms with van der Waals surface area (Å²) in [5.74, 6) is -7.89. The van der Waals surface area contributed by atoms with Crippen LogP contribution in [0.5, 0.6) is 0 Å². The monoisotopic (exact) mass is 867 g/mol. The average Bonchev–Trinajstić information content (AvgIpc) is 1.08. The number of likely N-dealkylation sites (N-methyl/N-ethyl adjacent to an activating group) is 2. The third kappa shape index (κ3) is 9.77. The summed E-state index contributed by atoms with van der Waals surface area (Å²) in [5.41, 5.74) is -2.05. The highest BCUT2D eigenvalue weighted by Crippen LogP contribution is 2.32. The Morgan fingerprint density at radius 1 is 0.817 bits per heavy atom. The summed E-state index contributed by atoms with van der Waals surface area (Å²) >= 11 is 0. The summed E-state index contributed by atoms with van der Waals surface area (Å²) < 4.78 is 226. The number of hydrogen-bond acceptors (Lipinski definition) is 12. The van der Waals surface area contributed by atoms with Crippen LogP contribution < -0.4 is 9.80 Å². The number of aromatic amines is 1. The van der Waals surface area contributed by atoms with Gasteiger partial charge in [0.1, 0.15) is 43.8 Å². The van der Waals surface area contributed by atoms with E-state index in [9.17, 15) is 20.7 Å². The molecule has 4 atom stereocenters. The van der Waals surface area contributed by atoms with E-state index in [1.54, 1.807) is 19.1 Å². The van der Waals surface area contributed by atoms with Crippen LogP contribution in [0.25, 0.3) is 22.1 Å². The molecule has 0 radical (unpaired) electrons. The van der Waals surface area contributed by atoms with Crippen molar-refractivity contribution in [2.75, 3.05) is 49.8 Å². The van der Waals surface area contributed by atoms with Crippen molar-refractivity contribution in [2.45, 2.75) is 103 Å². The van der Waals surface area contributed by atoms with Gasteiger partial charge in [-0.3, -0.25) is 0 Å². The second-order valence-electron chi connectivity index (χ2n) is 15.5. The Kier molecular flexibility index (Phi) is 6.77. The number of anilines is 2. The van der Waals surface area contributed by atoms with E-state index < -0.39 is 159 Å². The predicted octanol–water partition coefficient (Wildman–Crippen LogP) is 7.10. The first-order chi connectivity index (χ1) is 36.8. The SMILES string of the molecule is [2H]c1nc(N(C([2H])([2H])[2H])C2([2H])C([2H])([2H])N(C(=O)OC(C)(C)C)CCC2([2H])C([2H])([2H])[2H])c2cc[nH]c2n1.[2H]c1nc(N(C([2H])([2H])[2H])C2([2H])C([2H])([2H])N(C(=O)OC(C)(C)C)CCC2([2H])C([2H])([2H])[2H])c2ccn(S(=O)(=O)c3ccc(C)cc3)c2n1. The molecule has 2 aliphatic heterocycles. The highest BCUT2D eigenvalue weighted by Gasteiger charge is 2.36. The topological polar surface area (TPSA) is 172 Å². The summed E-state index contributed by atoms with van der Waals surface area (Å²) in [4.78, 5) is 44.9. The van der Waals surface area contributed by atoms with Crippen LogP contribution in [0.2, 0.25) is 0 Å². The lowest BCUT2D eigenvalue weighted by Crippen LogP contribution is -2.53. The van der Waals surface area contributed by atoms with Gasteiger partial charge in [0.2, 0.25) is 0 Å². The van der Waals surface area contributed by atoms with Crippen molar-refractivity contribution in [3.05, 3.63) is 67.0 Å². The summed E-state index contributed by atoms with van der Waals surface area (Å²) in [5, 5.41) is -0.459. The first-order valence-corrected chi connectivity index (χ1v) is 19.8. The number of aromatic nitrogens is 6. The molecule has 324 valence electrons. The molecule has 2 amide bonds. The molecule has 60 heavy (non-hydrogen) atoms. The predicted molar refractivity (Wildman–Crippen MR) is 233 cm³/mol. The maximum absolute atomic E-state index is 13.6. The average molecular weight is 867 g/mol. The van der Waals surface area contributed by atoms with Crippen molar-refractivity contribution in [1.29, 1.82) is 0 Å². The largest absolute Gasteiger partial charge is 0.444 e. The van der Waals surface area contributed by atoms with Gasteiger partial charge in [0, 0.05) is 71.6 Å². The minimum Gasteiger partial charge on any atom is -0.444 e. The van der Waals surface area contributed by atoms with Gasteiger partial charge in [0.05, 0.1) is 35.9 Å². The Morgan fingerprint density at radius 2 is 1.35 bits per heavy atom. The number of rotatable bonds is 6. The van der Waals surface area contributed by atoms with E-state index in [1.807, 2.05) is 0 Å². The molecule has 4 aromatic heterocycles. The molecule has 0 saturated carbocycles. The zero-order valence-electron chi connectivity index (χ0n) is 55.8. The van der Waals surface area contributed by atoms with Gasteiger partial charge in [-0.1, -0.05) is 31.4 Å². The summed E-state index contributed by atoms with van der Waals surface area (Å²) in [7, 11) is -4.41. The number of carbonyl (C=O) groups is 2. The zero-order chi connectivity index (χ0) is 62.7. The van der Waals surface area contributed by atoms with E-state index in [-0.39, 0.29) is 25.7 Å². The van der Waals surface area contributed by atoms with Gasteiger partial charge in [-0.05, 0) is 97.4 Å². The van der Waals surface area contributed by atoms with Gasteiger partial charge in [-0.2, -0.15) is 0 Å². The third-order valence-corrected chi connectivity index (χ3v) is 10.2. The molecule has 2 aliphatic rings. The van der Waals surface area contributed by atoms with Gasteiger partial charge < -0.3 is 34.1 Å². The lowest BCUT2D eigenvalue weighted by Gasteiger charge is -2.42. The molecular formula is C43H60N10O6S. The lowest BCUT2D eigenvalue weighted by atomic mass is 9.92. The smallest absolute Gasteiger partial charge is 0.410 e. The Bertz CT molecular complexity index is 3360. The van der Waals surface area contributed by atoms with Crippen molar-refractivity contribution in [3.63, 3.8) is 0 Å². The molecule has 1 N–H and O–H groups in total. The summed E-state index contributed by atoms with van der Waals surface area (Å²) in [6.07, 6.45) is -3.58. The number of hydrogen-bond donors (Lipinski definition) is 1. The first-order valence-electron chi connectivity index (χ1n) is 29.4. The number of ether oxygens (including phenoxy) is 2. The number of fused-ring (bicyclic) bond motifs is 2. The van der Waals surface area contributed by atoms with Crippen LogP contribution in [0, 0.1) is 18.7 Å². The number of piperidine rings is 2. The molecule has 0 spiro atoms. The highest BCUT2D eigenvalue weighted by molar-refractivity contribution is 7.90. The maximum Gasteiger partial charge on any atom is 0.410 e. The zero-order valence-corrected chi connectivity index (χ0v) is 34.6. The number of nitrogens with zero attached hydrogens (tertiary/aromatic N) is 9. The first kappa shape index (κ1) is 23.5. The Morgan fingerprint density at radius 3 is 1.87 bits per heavy atom. The fourth-order valence-electron chi connectivity index (χ4n) is 5.72. The van der Waals surface area contributed by atoms with Crippen LogP contribution >= 0.6 is 0 Å². The van der Waals surface area contributed by atoms with Gasteiger partial charge in [-0.25, -0.2) is 41.9 Å². The van der Waals surface area contributed by atoms with Crippen molar-refractivity contribution in [1.82, 2.24) is 38.7 Å². The molecule has 0 bridgehead atoms. The fraction of sp³-hybridized carbons (Fsp3) is 0.535. The molecule has 5 aromatic rings. The van der Waals surface area contributed by atoms with E-state index in [0.29, 0.717) is 13.8 Å². The molecule has 1 aromatic carbocycles. The van der Waals surface area contributed by atoms with Gasteiger partial charge >= 0.3 is 12.2 Å². The minimum absolute atomic E-state index is 0.0207. The van der Waals surface area contributed by atoms with Crippen molar-refractivity contribution in [2.24, 2.45) is 11.8 Å². The number of H-pyrrole nitrogens is 1. The van der Waals surface area contributed by atoms with Crippen molar-refractivity contribution >= 4 is 55.9 Å². The molecule has 6 heterocycles. The van der Waals surface area contributed by atoms with Crippen LogP contribution in [0.4, 0.5) is 21.2 Å². The molecule has 0 aliphatic carbocycles. The van der Waals surface area contributed by atoms with E-state index in [0.717, 1.165) is 17.8 Å². The normalized spacial score (nSPS) is 32.9. The van der Waals surface area contributed by atoms with Crippen molar-refractivity contribution < 1.29 is 57.6 Å². The van der Waals surface area contributed by atoms with E-state index in [1.165, 1.54) is 65.9 Å². The van der Waals surface area contributed by atoms with Crippen LogP contribution in [-0.4, -0.2) is 123 Å². The second-order valence-corrected chi connectivity index (χ2v) is 17.3. The van der Waals surface area contributed by atoms with Gasteiger partial charge in [-0.15, -0.1) is 0 Å². The van der Waals surface area contributed by atoms with Gasteiger partial charge in [0.25, 0.3) is 10.0 Å². The number of aryl methyl sites for hydroxylation is 1. The lowest BCUT2D eigenvalue weighted by molar-refractivity contribution is 0.0155. The number of carbonyl (C=O) groups excluding carboxylic acids is 2. The Hall–Kier alpha value is -5.45. The van der Waals surface area contributed by atoms with E-state index in [4.69, 9.17) is 36.9 Å². The molecule has 4 unspecified atom stereocenters. The summed E-state index contributed by atoms with van der Waals surface area (Å²) in [6, 6.07) is 0.882. The molecule has 7 rings (SSSR count). The van der Waals surface area contributed by atoms with E-state index >= 15 is 0 Å². The third-order valence-electron chi connectivity index (χ3n) is 8.56. The fourth-order valence-corrected chi connectivity index (χ4v) is 7.02. The molecule has 2 fully saturated rings. The van der Waals surface area contributed by atoms with Crippen LogP contribution in [0.3, 0.4) is 0 Å². The molecule has 17 heteroatoms. The van der Waals surface area contributed by atoms with Crippen LogP contribution in [0.15, 0.2) is 66.3 Å². The number of benzene rings is 1. The standard InChI is InChI=1S/C25H33N5O4S.C18H27N5O2/c1-17-7-9-19(10-8-17)35(32,33)30-14-12-20-22(26-16-27-23(20)30)28(6)21-15-29(13-11-18(21)2)24(31)34-25(3,4)5;1-12-7-9-23(17(24)25-18(2,3)4)10-14(12)22(5)16-13-6-8-19-15(13)20-11-21-16/h7-10,12,14,16,18,21H,11,13,15H2,1-6H3;6,8,11-12,14H,7,9-10H2,1-5H3,(H,19,20,21)/i2D3,6D3,15D2,16D,18D,21D;1D3,5D3,10D2,11D,12D,14D. The van der Waals surface area contributed by atoms with E-state index in [2.05, 4.69) is 24.9 Å². The quantitative estimate of drug-likeness (QED) is 0.184. The summed E-state index contributed by atoms with van der Waals surface area (Å²) in [6.45, 7) is -11.6. The minimum atomic E-state index is -4.41. The number of amides is 2. The Balaban J connectivity index is 0.000000272. The second kappa shape index (κ2) is 17.3. The van der Waals surface area contributed by atoms with Crippen LogP contribution in [-0.2, 0) is 19.5 Å². The maximum atomic E-state index is 13.6. The molecule has 2 saturated heterocycles. The number of likely N-dealkylation sites (tertiary alicyclic amines) is 2. The highest BCUT2D eigenvalue weighted by atomic mass is 32.2. The van der Waals surface area contributed by atoms with Crippen molar-refractivity contribution in [3.8, 4) is 0 Å². The number of nitrogens with one attached hydrogen (secondary N) is 1. The van der Waals surface area contributed by atoms with Crippen LogP contribution in [0.1, 0.15) is 104 Å². The molecule has 16 nitrogen and oxygen atoms in total.